The minimum atomic E-state index is -2.58. The van der Waals surface area contributed by atoms with Crippen molar-refractivity contribution in [2.24, 2.45) is 0 Å². The summed E-state index contributed by atoms with van der Waals surface area (Å²) in [5, 5.41) is 7.12. The molecule has 3 rings (SSSR count). The van der Waals surface area contributed by atoms with Crippen LogP contribution in [0.1, 0.15) is 41.5 Å². The monoisotopic (exact) mass is 377 g/mol. The van der Waals surface area contributed by atoms with E-state index in [1.54, 1.807) is 37.3 Å². The molecule has 26 heavy (non-hydrogen) atoms. The number of nitrogens with zero attached hydrogens (tertiary/aromatic N) is 2. The Balaban J connectivity index is 2.02. The molecule has 2 heterocycles. The molecule has 136 valence electrons. The van der Waals surface area contributed by atoms with E-state index in [0.717, 1.165) is 0 Å². The number of amides is 1. The van der Waals surface area contributed by atoms with Crippen LogP contribution in [0.25, 0.3) is 11.1 Å². The van der Waals surface area contributed by atoms with Crippen molar-refractivity contribution < 1.29 is 18.1 Å². The third kappa shape index (κ3) is 3.70. The highest BCUT2D eigenvalue weighted by molar-refractivity contribution is 7.99. The molecule has 1 amide bonds. The number of aryl methyl sites for hydroxylation is 1. The van der Waals surface area contributed by atoms with Gasteiger partial charge in [0.25, 0.3) is 17.4 Å². The summed E-state index contributed by atoms with van der Waals surface area (Å²) < 4.78 is 30.7. The minimum Gasteiger partial charge on any atom is -0.336 e. The molecule has 0 aliphatic rings. The number of fused-ring (bicyclic) bond motifs is 1. The van der Waals surface area contributed by atoms with Crippen LogP contribution >= 0.6 is 11.8 Å². The predicted octanol–water partition coefficient (Wildman–Crippen LogP) is 5.22. The highest BCUT2D eigenvalue weighted by Crippen LogP contribution is 2.32. The lowest BCUT2D eigenvalue weighted by molar-refractivity contribution is 0.102. The molecule has 0 atom stereocenters. The van der Waals surface area contributed by atoms with Crippen molar-refractivity contribution in [2.75, 3.05) is 5.32 Å². The van der Waals surface area contributed by atoms with E-state index in [1.807, 2.05) is 13.8 Å². The average molecular weight is 377 g/mol. The summed E-state index contributed by atoms with van der Waals surface area (Å²) >= 11 is 0.387. The van der Waals surface area contributed by atoms with Crippen LogP contribution in [0.3, 0.4) is 0 Å². The second-order valence-corrected chi connectivity index (χ2v) is 7.06. The van der Waals surface area contributed by atoms with Gasteiger partial charge in [0.1, 0.15) is 0 Å². The summed E-state index contributed by atoms with van der Waals surface area (Å²) in [7, 11) is 0. The highest BCUT2D eigenvalue weighted by Gasteiger charge is 2.21. The number of pyridine rings is 1. The topological polar surface area (TPSA) is 68.0 Å². The van der Waals surface area contributed by atoms with Crippen molar-refractivity contribution in [3.8, 4) is 0 Å². The van der Waals surface area contributed by atoms with Crippen molar-refractivity contribution in [2.45, 2.75) is 37.3 Å². The highest BCUT2D eigenvalue weighted by atomic mass is 32.2. The first-order valence-corrected chi connectivity index (χ1v) is 8.87. The number of hydrogen-bond donors (Lipinski definition) is 1. The summed E-state index contributed by atoms with van der Waals surface area (Å²) in [5.74, 6) is -2.92. The Morgan fingerprint density at radius 3 is 2.69 bits per heavy atom. The Bertz CT molecular complexity index is 957. The van der Waals surface area contributed by atoms with Crippen molar-refractivity contribution >= 4 is 34.5 Å². The number of carbonyl (C=O) groups is 1. The van der Waals surface area contributed by atoms with E-state index in [4.69, 9.17) is 4.52 Å². The first-order valence-electron chi connectivity index (χ1n) is 7.99. The third-order valence-corrected chi connectivity index (χ3v) is 4.61. The fourth-order valence-electron chi connectivity index (χ4n) is 2.55. The van der Waals surface area contributed by atoms with E-state index >= 15 is 0 Å². The second kappa shape index (κ2) is 7.41. The molecule has 0 saturated heterocycles. The molecule has 0 fully saturated rings. The summed E-state index contributed by atoms with van der Waals surface area (Å²) in [6, 6.07) is 8.14. The van der Waals surface area contributed by atoms with Crippen LogP contribution in [0.15, 0.2) is 39.8 Å². The maximum atomic E-state index is 12.9. The fourth-order valence-corrected chi connectivity index (χ4v) is 3.14. The van der Waals surface area contributed by atoms with Crippen LogP contribution < -0.4 is 5.32 Å². The summed E-state index contributed by atoms with van der Waals surface area (Å²) in [6.45, 7) is 5.63. The van der Waals surface area contributed by atoms with Gasteiger partial charge in [-0.05, 0) is 31.0 Å². The lowest BCUT2D eigenvalue weighted by Gasteiger charge is -2.12. The molecule has 0 bridgehead atoms. The summed E-state index contributed by atoms with van der Waals surface area (Å²) in [6.07, 6.45) is 0. The van der Waals surface area contributed by atoms with Gasteiger partial charge in [0, 0.05) is 10.6 Å². The van der Waals surface area contributed by atoms with Crippen LogP contribution in [0.4, 0.5) is 14.5 Å². The molecule has 5 nitrogen and oxygen atoms in total. The van der Waals surface area contributed by atoms with Crippen LogP contribution in [-0.4, -0.2) is 21.8 Å². The van der Waals surface area contributed by atoms with E-state index in [2.05, 4.69) is 15.5 Å². The molecule has 0 saturated carbocycles. The number of nitrogens with one attached hydrogen (secondary N) is 1. The number of alkyl halides is 2. The fraction of sp³-hybridized carbons (Fsp3) is 0.278. The van der Waals surface area contributed by atoms with E-state index in [0.29, 0.717) is 44.7 Å². The minimum absolute atomic E-state index is 0.0815. The third-order valence-electron chi connectivity index (χ3n) is 3.82. The van der Waals surface area contributed by atoms with Gasteiger partial charge in [-0.1, -0.05) is 42.9 Å². The van der Waals surface area contributed by atoms with E-state index in [9.17, 15) is 13.6 Å². The van der Waals surface area contributed by atoms with Crippen molar-refractivity contribution in [3.05, 3.63) is 47.3 Å². The van der Waals surface area contributed by atoms with Gasteiger partial charge in [0.05, 0.1) is 22.3 Å². The number of para-hydroxylation sites is 1. The SMILES string of the molecule is Cc1noc2nc(C(C)C)cc(C(=O)Nc3ccccc3SC(F)F)c12. The Hall–Kier alpha value is -2.48. The number of thioether (sulfide) groups is 1. The number of anilines is 1. The lowest BCUT2D eigenvalue weighted by Crippen LogP contribution is -2.14. The molecule has 3 aromatic rings. The normalized spacial score (nSPS) is 11.5. The smallest absolute Gasteiger partial charge is 0.288 e. The lowest BCUT2D eigenvalue weighted by atomic mass is 10.0. The van der Waals surface area contributed by atoms with Crippen molar-refractivity contribution in [1.29, 1.82) is 0 Å². The van der Waals surface area contributed by atoms with Gasteiger partial charge in [-0.2, -0.15) is 8.78 Å². The maximum Gasteiger partial charge on any atom is 0.288 e. The largest absolute Gasteiger partial charge is 0.336 e. The molecule has 0 unspecified atom stereocenters. The van der Waals surface area contributed by atoms with Gasteiger partial charge >= 0.3 is 0 Å². The van der Waals surface area contributed by atoms with Crippen LogP contribution in [0.2, 0.25) is 0 Å². The molecule has 0 aliphatic heterocycles. The summed E-state index contributed by atoms with van der Waals surface area (Å²) in [5.41, 5.74) is 2.20. The van der Waals surface area contributed by atoms with Gasteiger partial charge in [-0.3, -0.25) is 4.79 Å². The van der Waals surface area contributed by atoms with E-state index in [-0.39, 0.29) is 11.6 Å². The number of hydrogen-bond acceptors (Lipinski definition) is 5. The molecule has 1 N–H and O–H groups in total. The molecular weight excluding hydrogens is 360 g/mol. The van der Waals surface area contributed by atoms with E-state index < -0.39 is 11.7 Å². The first-order chi connectivity index (χ1) is 12.4. The number of aromatic nitrogens is 2. The number of benzene rings is 1. The van der Waals surface area contributed by atoms with Crippen LogP contribution in [-0.2, 0) is 0 Å². The predicted molar refractivity (Wildman–Crippen MR) is 96.9 cm³/mol. The van der Waals surface area contributed by atoms with Crippen molar-refractivity contribution in [1.82, 2.24) is 10.1 Å². The molecule has 0 spiro atoms. The van der Waals surface area contributed by atoms with Gasteiger partial charge < -0.3 is 9.84 Å². The van der Waals surface area contributed by atoms with Crippen LogP contribution in [0, 0.1) is 6.92 Å². The van der Waals surface area contributed by atoms with Gasteiger partial charge in [0.15, 0.2) is 0 Å². The standard InChI is InChI=1S/C18H17F2N3O2S/c1-9(2)13-8-11(15-10(3)23-25-17(15)22-13)16(24)21-12-6-4-5-7-14(12)26-18(19)20/h4-9,18H,1-3H3,(H,21,24). The average Bonchev–Trinajstić information content (AvgIpc) is 2.96. The Morgan fingerprint density at radius 1 is 1.27 bits per heavy atom. The molecule has 8 heteroatoms. The number of rotatable bonds is 5. The summed E-state index contributed by atoms with van der Waals surface area (Å²) in [4.78, 5) is 17.6. The maximum absolute atomic E-state index is 12.9. The Labute approximate surface area is 153 Å². The zero-order valence-corrected chi connectivity index (χ0v) is 15.2. The van der Waals surface area contributed by atoms with E-state index in [1.165, 1.54) is 0 Å². The molecular formula is C18H17F2N3O2S. The Morgan fingerprint density at radius 2 is 2.00 bits per heavy atom. The molecule has 2 aromatic heterocycles. The molecule has 0 aliphatic carbocycles. The van der Waals surface area contributed by atoms with Gasteiger partial charge in [-0.25, -0.2) is 4.98 Å². The van der Waals surface area contributed by atoms with Gasteiger partial charge in [0.2, 0.25) is 0 Å². The quantitative estimate of drug-likeness (QED) is 0.617. The number of halogens is 2. The Kier molecular flexibility index (Phi) is 5.22. The second-order valence-electron chi connectivity index (χ2n) is 6.03. The molecule has 1 aromatic carbocycles. The zero-order chi connectivity index (χ0) is 18.8. The van der Waals surface area contributed by atoms with Crippen molar-refractivity contribution in [3.63, 3.8) is 0 Å². The zero-order valence-electron chi connectivity index (χ0n) is 14.4. The molecule has 0 radical (unpaired) electrons. The number of carbonyl (C=O) groups excluding carboxylic acids is 1. The van der Waals surface area contributed by atoms with Crippen LogP contribution in [0.5, 0.6) is 0 Å². The first kappa shape index (κ1) is 18.3. The van der Waals surface area contributed by atoms with Gasteiger partial charge in [-0.15, -0.1) is 0 Å².